The molecule has 1 unspecified atom stereocenters. The third kappa shape index (κ3) is 3.56. The van der Waals surface area contributed by atoms with Crippen LogP contribution in [0.3, 0.4) is 0 Å². The molecule has 0 aromatic heterocycles. The Labute approximate surface area is 223 Å². The highest BCUT2D eigenvalue weighted by molar-refractivity contribution is 8.04. The molecule has 7 aliphatic rings. The molecule has 7 aliphatic heterocycles. The van der Waals surface area contributed by atoms with Crippen LogP contribution in [-0.4, -0.2) is 122 Å². The van der Waals surface area contributed by atoms with Crippen molar-refractivity contribution in [3.63, 3.8) is 0 Å². The van der Waals surface area contributed by atoms with Crippen LogP contribution in [0.2, 0.25) is 0 Å². The second-order valence-electron chi connectivity index (χ2n) is 10.7. The minimum Gasteiger partial charge on any atom is -0.394 e. The van der Waals surface area contributed by atoms with Gasteiger partial charge in [-0.15, -0.1) is 11.8 Å². The van der Waals surface area contributed by atoms with Gasteiger partial charge in [-0.05, 0) is 19.4 Å². The minimum absolute atomic E-state index is 0.0402. The van der Waals surface area contributed by atoms with Crippen LogP contribution < -0.4 is 5.32 Å². The highest BCUT2D eigenvalue weighted by Gasteiger charge is 2.76. The van der Waals surface area contributed by atoms with Crippen molar-refractivity contribution in [1.29, 1.82) is 0 Å². The molecule has 5 saturated heterocycles. The lowest BCUT2D eigenvalue weighted by molar-refractivity contribution is -0.136. The van der Waals surface area contributed by atoms with Gasteiger partial charge in [-0.1, -0.05) is 0 Å². The molecule has 210 valence electrons. The number of aliphatic hydroxyl groups is 2. The fourth-order valence-corrected chi connectivity index (χ4v) is 9.51. The quantitative estimate of drug-likeness (QED) is 0.366. The van der Waals surface area contributed by atoms with E-state index >= 15 is 0 Å². The molecule has 0 radical (unpaired) electrons. The smallest absolute Gasteiger partial charge is 0.328 e. The van der Waals surface area contributed by atoms with Crippen LogP contribution in [0.1, 0.15) is 26.7 Å². The number of thioether (sulfide) groups is 1. The third-order valence-corrected chi connectivity index (χ3v) is 11.6. The molecule has 38 heavy (non-hydrogen) atoms. The summed E-state index contributed by atoms with van der Waals surface area (Å²) in [6.45, 7) is 4.07. The van der Waals surface area contributed by atoms with Crippen molar-refractivity contribution in [3.8, 4) is 0 Å². The fraction of sp³-hybridized carbons (Fsp3) is 0.773. The largest absolute Gasteiger partial charge is 0.394 e. The molecule has 1 spiro atoms. The van der Waals surface area contributed by atoms with Crippen molar-refractivity contribution in [3.05, 3.63) is 11.8 Å². The molecular formula is C22H31N4O10PS. The summed E-state index contributed by atoms with van der Waals surface area (Å²) in [6.07, 6.45) is -3.64. The Balaban J connectivity index is 1.48. The predicted molar refractivity (Wildman–Crippen MR) is 131 cm³/mol. The first-order valence-electron chi connectivity index (χ1n) is 12.4. The second-order valence-corrected chi connectivity index (χ2v) is 14.4. The topological polar surface area (TPSA) is 167 Å². The number of imide groups is 1. The maximum absolute atomic E-state index is 13.7. The number of fused-ring (bicyclic) bond motifs is 4. The molecule has 0 aliphatic carbocycles. The Hall–Kier alpha value is -1.71. The van der Waals surface area contributed by atoms with E-state index in [0.29, 0.717) is 5.57 Å². The van der Waals surface area contributed by atoms with Gasteiger partial charge in [0.25, 0.3) is 0 Å². The van der Waals surface area contributed by atoms with E-state index in [9.17, 15) is 29.2 Å². The molecule has 7 rings (SSSR count). The van der Waals surface area contributed by atoms with Gasteiger partial charge in [0.1, 0.15) is 34.3 Å². The van der Waals surface area contributed by atoms with E-state index in [0.717, 1.165) is 0 Å². The van der Waals surface area contributed by atoms with Crippen molar-refractivity contribution in [2.24, 2.45) is 0 Å². The zero-order chi connectivity index (χ0) is 27.4. The number of nitrogens with zero attached hydrogens (tertiary/aromatic N) is 3. The first-order valence-corrected chi connectivity index (χ1v) is 15.2. The Morgan fingerprint density at radius 1 is 1.21 bits per heavy atom. The predicted octanol–water partition coefficient (Wildman–Crippen LogP) is 0.201. The Kier molecular flexibility index (Phi) is 6.03. The molecule has 3 N–H and O–H groups in total. The van der Waals surface area contributed by atoms with Crippen LogP contribution in [0.25, 0.3) is 0 Å². The van der Waals surface area contributed by atoms with Crippen molar-refractivity contribution in [2.75, 3.05) is 26.9 Å². The number of likely N-dealkylation sites (N-methyl/N-ethyl adjacent to an activating group) is 1. The van der Waals surface area contributed by atoms with Gasteiger partial charge < -0.3 is 33.6 Å². The molecule has 0 aromatic rings. The maximum atomic E-state index is 13.7. The summed E-state index contributed by atoms with van der Waals surface area (Å²) in [5, 5.41) is 23.0. The van der Waals surface area contributed by atoms with Crippen LogP contribution in [0.5, 0.6) is 0 Å². The van der Waals surface area contributed by atoms with E-state index in [1.54, 1.807) is 20.2 Å². The van der Waals surface area contributed by atoms with Crippen molar-refractivity contribution < 1.29 is 47.7 Å². The van der Waals surface area contributed by atoms with Gasteiger partial charge in [0.2, 0.25) is 5.91 Å². The van der Waals surface area contributed by atoms with Gasteiger partial charge in [0, 0.05) is 32.8 Å². The van der Waals surface area contributed by atoms with Gasteiger partial charge in [0.05, 0.1) is 31.5 Å². The van der Waals surface area contributed by atoms with Crippen LogP contribution >= 0.6 is 19.4 Å². The summed E-state index contributed by atoms with van der Waals surface area (Å²) in [4.78, 5) is 43.3. The summed E-state index contributed by atoms with van der Waals surface area (Å²) < 4.78 is 35.4. The summed E-state index contributed by atoms with van der Waals surface area (Å²) in [5.41, 5.74) is 0.701. The SMILES string of the molecule is CC1=CN2C(=O)N(C)C13S[C@@]1(C)C(=O)NC(=O)N([C@H]4C[C@H](O[P@](C)(=O)OC[C@H]5O[C@@H]2C[C@@H]5O)[C@@H](CO)O4)[C@@H]31. The van der Waals surface area contributed by atoms with Crippen molar-refractivity contribution >= 4 is 37.3 Å². The maximum Gasteiger partial charge on any atom is 0.328 e. The van der Waals surface area contributed by atoms with Gasteiger partial charge >= 0.3 is 19.7 Å². The van der Waals surface area contributed by atoms with E-state index in [2.05, 4.69) is 5.32 Å². The normalized spacial score (nSPS) is 48.6. The molecule has 7 heterocycles. The van der Waals surface area contributed by atoms with Crippen LogP contribution in [0.4, 0.5) is 9.59 Å². The monoisotopic (exact) mass is 574 g/mol. The standard InChI is InChI=1S/C22H31N4O10PS/c1-10-7-25-15-5-11(28)14(35-15)9-33-37(4,32)36-12-6-16(34-13(12)8-27)26-17-21(2,18(29)23-19(26)30)38-22(10,17)24(3)20(25)31/h7,11-17,27-28H,5-6,8-9H2,1-4H3,(H,23,29,30)/t11-,12-,13+,14+,15+,16+,17+,21+,22?,37+/m0/s1. The number of urea groups is 2. The first-order chi connectivity index (χ1) is 17.8. The van der Waals surface area contributed by atoms with E-state index in [1.165, 1.54) is 33.1 Å². The second kappa shape index (κ2) is 8.64. The number of rotatable bonds is 1. The number of amides is 5. The average Bonchev–Trinajstić information content (AvgIpc) is 3.41. The van der Waals surface area contributed by atoms with Crippen molar-refractivity contribution in [2.45, 2.75) is 79.2 Å². The van der Waals surface area contributed by atoms with Crippen molar-refractivity contribution in [1.82, 2.24) is 20.0 Å². The lowest BCUT2D eigenvalue weighted by Gasteiger charge is -2.68. The number of nitrogens with one attached hydrogen (secondary N) is 1. The molecule has 14 nitrogen and oxygen atoms in total. The van der Waals surface area contributed by atoms with E-state index in [-0.39, 0.29) is 19.4 Å². The molecule has 0 aromatic carbocycles. The Bertz CT molecular complexity index is 1170. The average molecular weight is 575 g/mol. The number of aliphatic hydroxyl groups excluding tert-OH is 2. The van der Waals surface area contributed by atoms with Gasteiger partial charge in [-0.3, -0.25) is 24.5 Å². The summed E-state index contributed by atoms with van der Waals surface area (Å²) in [7, 11) is -2.12. The summed E-state index contributed by atoms with van der Waals surface area (Å²) in [6, 6.07) is -1.95. The molecule has 16 heteroatoms. The highest BCUT2D eigenvalue weighted by Crippen LogP contribution is 2.65. The highest BCUT2D eigenvalue weighted by atomic mass is 32.2. The van der Waals surface area contributed by atoms with E-state index in [4.69, 9.17) is 18.5 Å². The van der Waals surface area contributed by atoms with E-state index < -0.39 is 84.7 Å². The zero-order valence-corrected chi connectivity index (χ0v) is 23.0. The van der Waals surface area contributed by atoms with Crippen LogP contribution in [0, 0.1) is 0 Å². The van der Waals surface area contributed by atoms with Gasteiger partial charge in [-0.25, -0.2) is 9.59 Å². The van der Waals surface area contributed by atoms with Crippen LogP contribution in [0.15, 0.2) is 11.8 Å². The number of carbonyl (C=O) groups excluding carboxylic acids is 3. The molecule has 5 fully saturated rings. The number of hydrogen-bond donors (Lipinski definition) is 3. The zero-order valence-electron chi connectivity index (χ0n) is 21.3. The molecular weight excluding hydrogens is 543 g/mol. The molecule has 5 amide bonds. The Morgan fingerprint density at radius 3 is 2.66 bits per heavy atom. The van der Waals surface area contributed by atoms with Gasteiger partial charge in [-0.2, -0.15) is 0 Å². The number of ether oxygens (including phenoxy) is 2. The third-order valence-electron chi connectivity index (χ3n) is 8.33. The fourth-order valence-electron chi connectivity index (χ4n) is 6.43. The Morgan fingerprint density at radius 2 is 1.95 bits per heavy atom. The number of hydrogen-bond acceptors (Lipinski definition) is 11. The molecule has 0 saturated carbocycles. The minimum atomic E-state index is -3.72. The van der Waals surface area contributed by atoms with E-state index in [1.807, 2.05) is 6.92 Å². The molecule has 6 bridgehead atoms. The first kappa shape index (κ1) is 26.5. The van der Waals surface area contributed by atoms with Gasteiger partial charge in [0.15, 0.2) is 0 Å². The number of carbonyl (C=O) groups is 3. The lowest BCUT2D eigenvalue weighted by atomic mass is 9.81. The lowest BCUT2D eigenvalue weighted by Crippen LogP contribution is -2.86. The summed E-state index contributed by atoms with van der Waals surface area (Å²) >= 11 is 1.26. The molecule has 10 atom stereocenters. The summed E-state index contributed by atoms with van der Waals surface area (Å²) in [5.74, 6) is -0.481. The van der Waals surface area contributed by atoms with Crippen LogP contribution in [-0.2, 0) is 27.9 Å².